The Morgan fingerprint density at radius 2 is 2.00 bits per heavy atom. The summed E-state index contributed by atoms with van der Waals surface area (Å²) in [5, 5.41) is 12.3. The molecule has 32 heavy (non-hydrogen) atoms. The summed E-state index contributed by atoms with van der Waals surface area (Å²) in [5.41, 5.74) is 5.18. The zero-order valence-electron chi connectivity index (χ0n) is 18.2. The number of aryl methyl sites for hydroxylation is 1. The van der Waals surface area contributed by atoms with E-state index >= 15 is 0 Å². The van der Waals surface area contributed by atoms with Crippen LogP contribution in [-0.4, -0.2) is 52.6 Å². The minimum Gasteiger partial charge on any atom is -0.458 e. The molecule has 1 aromatic carbocycles. The minimum absolute atomic E-state index is 0.422. The lowest BCUT2D eigenvalue weighted by Gasteiger charge is -2.28. The molecule has 0 aliphatic carbocycles. The lowest BCUT2D eigenvalue weighted by molar-refractivity contribution is 0.256. The zero-order chi connectivity index (χ0) is 21.9. The number of furan rings is 1. The fourth-order valence-corrected chi connectivity index (χ4v) is 5.09. The molecule has 1 N–H and O–H groups in total. The molecule has 1 saturated heterocycles. The van der Waals surface area contributed by atoms with Gasteiger partial charge in [-0.1, -0.05) is 0 Å². The molecule has 164 valence electrons. The summed E-state index contributed by atoms with van der Waals surface area (Å²) in [5.74, 6) is 4.61. The first-order chi connectivity index (χ1) is 15.7. The predicted molar refractivity (Wildman–Crippen MR) is 128 cm³/mol. The van der Waals surface area contributed by atoms with E-state index in [1.807, 2.05) is 24.9 Å². The lowest BCUT2D eigenvalue weighted by Crippen LogP contribution is -2.32. The molecule has 2 aromatic heterocycles. The average Bonchev–Trinajstić information content (AvgIpc) is 3.25. The van der Waals surface area contributed by atoms with Gasteiger partial charge in [-0.2, -0.15) is 17.0 Å². The van der Waals surface area contributed by atoms with Gasteiger partial charge in [0.25, 0.3) is 0 Å². The highest BCUT2D eigenvalue weighted by molar-refractivity contribution is 7.99. The number of nitrogens with one attached hydrogen (secondary N) is 1. The summed E-state index contributed by atoms with van der Waals surface area (Å²) >= 11 is 2.02. The summed E-state index contributed by atoms with van der Waals surface area (Å²) in [4.78, 5) is 13.7. The van der Waals surface area contributed by atoms with Crippen LogP contribution in [0, 0.1) is 18.3 Å². The van der Waals surface area contributed by atoms with Crippen LogP contribution in [0.1, 0.15) is 16.9 Å². The first kappa shape index (κ1) is 20.9. The highest BCUT2D eigenvalue weighted by Gasteiger charge is 2.22. The van der Waals surface area contributed by atoms with Gasteiger partial charge in [-0.3, -0.25) is 4.90 Å². The average molecular weight is 447 g/mol. The van der Waals surface area contributed by atoms with Crippen LogP contribution >= 0.6 is 11.8 Å². The van der Waals surface area contributed by atoms with Crippen LogP contribution in [-0.2, 0) is 13.0 Å². The van der Waals surface area contributed by atoms with Gasteiger partial charge in [0.1, 0.15) is 11.5 Å². The monoisotopic (exact) mass is 446 g/mol. The molecular weight excluding hydrogens is 420 g/mol. The van der Waals surface area contributed by atoms with E-state index in [1.165, 1.54) is 22.8 Å². The molecule has 0 amide bonds. The standard InChI is InChI=1S/C24H26N6OS/c1-17-15-26-24(27-19-2-4-20(5-3-19)30-10-12-32-13-11-30)28-23(17)21-14-18-6-8-29(9-7-25)16-22(18)31-21/h2-5,14-15H,6,8-13,16H2,1H3,(H,26,27,28). The Morgan fingerprint density at radius 3 is 2.78 bits per heavy atom. The van der Waals surface area contributed by atoms with Crippen molar-refractivity contribution >= 4 is 29.1 Å². The number of aromatic nitrogens is 2. The molecule has 2 aliphatic rings. The fraction of sp³-hybridized carbons (Fsp3) is 0.375. The molecule has 5 rings (SSSR count). The highest BCUT2D eigenvalue weighted by atomic mass is 32.2. The van der Waals surface area contributed by atoms with Crippen molar-refractivity contribution in [2.75, 3.05) is 47.9 Å². The number of thioether (sulfide) groups is 1. The maximum atomic E-state index is 8.97. The summed E-state index contributed by atoms with van der Waals surface area (Å²) in [6, 6.07) is 12.8. The molecule has 7 nitrogen and oxygen atoms in total. The quantitative estimate of drug-likeness (QED) is 0.584. The minimum atomic E-state index is 0.422. The van der Waals surface area contributed by atoms with Crippen LogP contribution in [0.5, 0.6) is 0 Å². The number of benzene rings is 1. The summed E-state index contributed by atoms with van der Waals surface area (Å²) in [6.45, 7) is 6.16. The smallest absolute Gasteiger partial charge is 0.227 e. The van der Waals surface area contributed by atoms with E-state index in [-0.39, 0.29) is 0 Å². The molecule has 1 fully saturated rings. The van der Waals surface area contributed by atoms with E-state index in [2.05, 4.69) is 56.5 Å². The summed E-state index contributed by atoms with van der Waals surface area (Å²) in [6.07, 6.45) is 2.71. The third kappa shape index (κ3) is 4.45. The predicted octanol–water partition coefficient (Wildman–Crippen LogP) is 4.22. The van der Waals surface area contributed by atoms with Gasteiger partial charge in [0.2, 0.25) is 5.95 Å². The van der Waals surface area contributed by atoms with Crippen molar-refractivity contribution in [1.29, 1.82) is 5.26 Å². The first-order valence-electron chi connectivity index (χ1n) is 10.9. The first-order valence-corrected chi connectivity index (χ1v) is 12.1. The fourth-order valence-electron chi connectivity index (χ4n) is 4.18. The van der Waals surface area contributed by atoms with E-state index in [1.54, 1.807) is 0 Å². The van der Waals surface area contributed by atoms with Gasteiger partial charge >= 0.3 is 0 Å². The third-order valence-corrected chi connectivity index (χ3v) is 6.90. The topological polar surface area (TPSA) is 81.2 Å². The normalized spacial score (nSPS) is 16.4. The van der Waals surface area contributed by atoms with Crippen molar-refractivity contribution in [3.05, 3.63) is 53.4 Å². The Labute approximate surface area is 192 Å². The highest BCUT2D eigenvalue weighted by Crippen LogP contribution is 2.31. The van der Waals surface area contributed by atoms with Crippen LogP contribution in [0.4, 0.5) is 17.3 Å². The van der Waals surface area contributed by atoms with Crippen molar-refractivity contribution in [3.63, 3.8) is 0 Å². The second-order valence-corrected chi connectivity index (χ2v) is 9.40. The second kappa shape index (κ2) is 9.23. The van der Waals surface area contributed by atoms with Gasteiger partial charge in [0.15, 0.2) is 5.76 Å². The molecule has 0 atom stereocenters. The van der Waals surface area contributed by atoms with Gasteiger partial charge in [0.05, 0.1) is 19.2 Å². The molecular formula is C24H26N6OS. The van der Waals surface area contributed by atoms with Crippen LogP contribution < -0.4 is 10.2 Å². The van der Waals surface area contributed by atoms with Crippen LogP contribution in [0.3, 0.4) is 0 Å². The third-order valence-electron chi connectivity index (χ3n) is 5.96. The number of hydrogen-bond acceptors (Lipinski definition) is 8. The van der Waals surface area contributed by atoms with Crippen molar-refractivity contribution in [1.82, 2.24) is 14.9 Å². The van der Waals surface area contributed by atoms with E-state index < -0.39 is 0 Å². The molecule has 4 heterocycles. The molecule has 3 aromatic rings. The molecule has 0 unspecified atom stereocenters. The number of nitriles is 1. The van der Waals surface area contributed by atoms with E-state index in [4.69, 9.17) is 14.7 Å². The zero-order valence-corrected chi connectivity index (χ0v) is 19.0. The van der Waals surface area contributed by atoms with Crippen LogP contribution in [0.2, 0.25) is 0 Å². The Kier molecular flexibility index (Phi) is 6.02. The molecule has 0 radical (unpaired) electrons. The van der Waals surface area contributed by atoms with Crippen molar-refractivity contribution in [3.8, 4) is 17.5 Å². The van der Waals surface area contributed by atoms with Crippen molar-refractivity contribution in [2.45, 2.75) is 19.9 Å². The number of anilines is 3. The number of fused-ring (bicyclic) bond motifs is 1. The molecule has 0 saturated carbocycles. The molecule has 2 aliphatic heterocycles. The largest absolute Gasteiger partial charge is 0.458 e. The summed E-state index contributed by atoms with van der Waals surface area (Å²) in [7, 11) is 0. The van der Waals surface area contributed by atoms with Gasteiger partial charge < -0.3 is 14.6 Å². The maximum absolute atomic E-state index is 8.97. The Hall–Kier alpha value is -3.02. The van der Waals surface area contributed by atoms with Crippen molar-refractivity contribution in [2.24, 2.45) is 0 Å². The SMILES string of the molecule is Cc1cnc(Nc2ccc(N3CCSCC3)cc2)nc1-c1cc2c(o1)CN(CC#N)CC2. The Balaban J connectivity index is 1.33. The Morgan fingerprint density at radius 1 is 1.19 bits per heavy atom. The van der Waals surface area contributed by atoms with Crippen LogP contribution in [0.25, 0.3) is 11.5 Å². The number of rotatable bonds is 5. The summed E-state index contributed by atoms with van der Waals surface area (Å²) < 4.78 is 6.16. The maximum Gasteiger partial charge on any atom is 0.227 e. The number of nitrogens with zero attached hydrogens (tertiary/aromatic N) is 5. The molecule has 0 bridgehead atoms. The van der Waals surface area contributed by atoms with Gasteiger partial charge in [-0.05, 0) is 54.8 Å². The van der Waals surface area contributed by atoms with Crippen molar-refractivity contribution < 1.29 is 4.42 Å². The van der Waals surface area contributed by atoms with E-state index in [0.29, 0.717) is 19.0 Å². The van der Waals surface area contributed by atoms with Crippen LogP contribution in [0.15, 0.2) is 40.9 Å². The van der Waals surface area contributed by atoms with Gasteiger partial charge in [0, 0.05) is 48.7 Å². The van der Waals surface area contributed by atoms with Gasteiger partial charge in [-0.25, -0.2) is 9.97 Å². The Bertz CT molecular complexity index is 1130. The number of hydrogen-bond donors (Lipinski definition) is 1. The van der Waals surface area contributed by atoms with Gasteiger partial charge in [-0.15, -0.1) is 0 Å². The second-order valence-electron chi connectivity index (χ2n) is 8.17. The molecule has 8 heteroatoms. The van der Waals surface area contributed by atoms with E-state index in [9.17, 15) is 0 Å². The lowest BCUT2D eigenvalue weighted by atomic mass is 10.1. The van der Waals surface area contributed by atoms with E-state index in [0.717, 1.165) is 54.5 Å². The molecule has 0 spiro atoms.